The maximum absolute atomic E-state index is 11.0. The molecule has 0 amide bonds. The summed E-state index contributed by atoms with van der Waals surface area (Å²) >= 11 is 3.46. The van der Waals surface area contributed by atoms with Crippen molar-refractivity contribution in [2.75, 3.05) is 18.8 Å². The number of thioether (sulfide) groups is 1. The van der Waals surface area contributed by atoms with Gasteiger partial charge in [0.2, 0.25) is 0 Å². The van der Waals surface area contributed by atoms with Crippen LogP contribution in [0.2, 0.25) is 0 Å². The van der Waals surface area contributed by atoms with Crippen molar-refractivity contribution in [1.82, 2.24) is 9.88 Å². The lowest BCUT2D eigenvalue weighted by Gasteiger charge is -2.20. The number of carboxylic acids is 1. The second-order valence-corrected chi connectivity index (χ2v) is 6.71. The van der Waals surface area contributed by atoms with Crippen LogP contribution in [-0.2, 0) is 4.79 Å². The Morgan fingerprint density at radius 2 is 2.59 bits per heavy atom. The summed E-state index contributed by atoms with van der Waals surface area (Å²) in [6, 6.07) is -0.265. The van der Waals surface area contributed by atoms with Crippen molar-refractivity contribution in [1.29, 1.82) is 0 Å². The van der Waals surface area contributed by atoms with Crippen LogP contribution in [0, 0.1) is 6.92 Å². The number of rotatable bonds is 5. The molecule has 4 nitrogen and oxygen atoms in total. The van der Waals surface area contributed by atoms with Gasteiger partial charge < -0.3 is 5.11 Å². The first-order chi connectivity index (χ1) is 8.16. The topological polar surface area (TPSA) is 53.4 Å². The van der Waals surface area contributed by atoms with E-state index in [1.165, 1.54) is 4.21 Å². The molecular formula is C11H16N2O2S2. The zero-order valence-corrected chi connectivity index (χ0v) is 11.4. The van der Waals surface area contributed by atoms with Crippen molar-refractivity contribution < 1.29 is 9.90 Å². The Morgan fingerprint density at radius 3 is 3.24 bits per heavy atom. The molecular weight excluding hydrogens is 256 g/mol. The first-order valence-electron chi connectivity index (χ1n) is 5.69. The number of nitrogens with zero attached hydrogens (tertiary/aromatic N) is 2. The van der Waals surface area contributed by atoms with Gasteiger partial charge in [0.05, 0.1) is 15.4 Å². The SMILES string of the molecule is Cc1ncc(SCCN2CCCC2C(=O)O)s1. The van der Waals surface area contributed by atoms with E-state index in [9.17, 15) is 4.79 Å². The Labute approximate surface area is 109 Å². The van der Waals surface area contributed by atoms with Gasteiger partial charge in [0.15, 0.2) is 0 Å². The van der Waals surface area contributed by atoms with Crippen LogP contribution >= 0.6 is 23.1 Å². The van der Waals surface area contributed by atoms with Crippen molar-refractivity contribution in [2.24, 2.45) is 0 Å². The summed E-state index contributed by atoms with van der Waals surface area (Å²) in [7, 11) is 0. The smallest absolute Gasteiger partial charge is 0.320 e. The maximum Gasteiger partial charge on any atom is 0.320 e. The quantitative estimate of drug-likeness (QED) is 0.832. The minimum Gasteiger partial charge on any atom is -0.480 e. The van der Waals surface area contributed by atoms with E-state index in [-0.39, 0.29) is 6.04 Å². The number of likely N-dealkylation sites (tertiary alicyclic amines) is 1. The van der Waals surface area contributed by atoms with E-state index >= 15 is 0 Å². The molecule has 1 atom stereocenters. The zero-order chi connectivity index (χ0) is 12.3. The van der Waals surface area contributed by atoms with Crippen molar-refractivity contribution in [3.63, 3.8) is 0 Å². The number of hydrogen-bond acceptors (Lipinski definition) is 5. The van der Waals surface area contributed by atoms with Crippen LogP contribution in [0.5, 0.6) is 0 Å². The molecule has 1 N–H and O–H groups in total. The van der Waals surface area contributed by atoms with Crippen LogP contribution in [0.25, 0.3) is 0 Å². The molecule has 0 spiro atoms. The van der Waals surface area contributed by atoms with Gasteiger partial charge in [0, 0.05) is 12.3 Å². The van der Waals surface area contributed by atoms with Gasteiger partial charge in [-0.25, -0.2) is 4.98 Å². The molecule has 0 radical (unpaired) electrons. The third-order valence-corrected chi connectivity index (χ3v) is 4.96. The zero-order valence-electron chi connectivity index (χ0n) is 9.76. The van der Waals surface area contributed by atoms with Crippen LogP contribution in [0.3, 0.4) is 0 Å². The lowest BCUT2D eigenvalue weighted by molar-refractivity contribution is -0.142. The summed E-state index contributed by atoms with van der Waals surface area (Å²) < 4.78 is 1.22. The van der Waals surface area contributed by atoms with E-state index in [0.29, 0.717) is 0 Å². The minimum atomic E-state index is -0.680. The predicted octanol–water partition coefficient (Wildman–Crippen LogP) is 2.09. The van der Waals surface area contributed by atoms with Gasteiger partial charge in [0.25, 0.3) is 0 Å². The average Bonchev–Trinajstić information content (AvgIpc) is 2.87. The molecule has 1 aromatic rings. The van der Waals surface area contributed by atoms with E-state index in [1.807, 2.05) is 13.1 Å². The van der Waals surface area contributed by atoms with Gasteiger partial charge in [-0.15, -0.1) is 23.1 Å². The molecule has 0 aromatic carbocycles. The summed E-state index contributed by atoms with van der Waals surface area (Å²) in [6.07, 6.45) is 3.68. The van der Waals surface area contributed by atoms with Gasteiger partial charge in [0.1, 0.15) is 6.04 Å². The number of aliphatic carboxylic acids is 1. The fraction of sp³-hybridized carbons (Fsp3) is 0.636. The molecule has 1 aromatic heterocycles. The van der Waals surface area contributed by atoms with E-state index in [0.717, 1.165) is 36.7 Å². The maximum atomic E-state index is 11.0. The summed E-state index contributed by atoms with van der Waals surface area (Å²) in [5.74, 6) is 0.256. The van der Waals surface area contributed by atoms with Crippen molar-refractivity contribution in [2.45, 2.75) is 30.0 Å². The number of thiazole rings is 1. The molecule has 1 aliphatic rings. The highest BCUT2D eigenvalue weighted by Crippen LogP contribution is 2.25. The molecule has 1 saturated heterocycles. The first-order valence-corrected chi connectivity index (χ1v) is 7.49. The second kappa shape index (κ2) is 5.84. The van der Waals surface area contributed by atoms with Gasteiger partial charge in [-0.05, 0) is 26.3 Å². The second-order valence-electron chi connectivity index (χ2n) is 4.08. The molecule has 0 saturated carbocycles. The van der Waals surface area contributed by atoms with Gasteiger partial charge in [-0.2, -0.15) is 0 Å². The van der Waals surface area contributed by atoms with Gasteiger partial charge >= 0.3 is 5.97 Å². The average molecular weight is 272 g/mol. The lowest BCUT2D eigenvalue weighted by atomic mass is 10.2. The highest BCUT2D eigenvalue weighted by atomic mass is 32.2. The van der Waals surface area contributed by atoms with Crippen molar-refractivity contribution in [3.05, 3.63) is 11.2 Å². The van der Waals surface area contributed by atoms with Crippen molar-refractivity contribution >= 4 is 29.1 Å². The number of aromatic nitrogens is 1. The third kappa shape index (κ3) is 3.43. The van der Waals surface area contributed by atoms with Gasteiger partial charge in [-0.1, -0.05) is 0 Å². The molecule has 2 heterocycles. The Morgan fingerprint density at radius 1 is 1.76 bits per heavy atom. The molecule has 0 bridgehead atoms. The van der Waals surface area contributed by atoms with Crippen LogP contribution in [0.4, 0.5) is 0 Å². The number of aryl methyl sites for hydroxylation is 1. The molecule has 17 heavy (non-hydrogen) atoms. The molecule has 1 fully saturated rings. The number of hydrogen-bond donors (Lipinski definition) is 1. The standard InChI is InChI=1S/C11H16N2O2S2/c1-8-12-7-10(17-8)16-6-5-13-4-2-3-9(13)11(14)15/h7,9H,2-6H2,1H3,(H,14,15). The van der Waals surface area contributed by atoms with Crippen molar-refractivity contribution in [3.8, 4) is 0 Å². The van der Waals surface area contributed by atoms with Crippen LogP contribution in [0.1, 0.15) is 17.8 Å². The Balaban J connectivity index is 1.76. The minimum absolute atomic E-state index is 0.265. The van der Waals surface area contributed by atoms with E-state index in [1.54, 1.807) is 23.1 Å². The highest BCUT2D eigenvalue weighted by Gasteiger charge is 2.29. The summed E-state index contributed by atoms with van der Waals surface area (Å²) in [5, 5.41) is 10.1. The molecule has 0 aliphatic carbocycles. The third-order valence-electron chi connectivity index (χ3n) is 2.87. The molecule has 1 aliphatic heterocycles. The Bertz CT molecular complexity index is 395. The van der Waals surface area contributed by atoms with Gasteiger partial charge in [-0.3, -0.25) is 9.69 Å². The fourth-order valence-electron chi connectivity index (χ4n) is 2.05. The molecule has 6 heteroatoms. The highest BCUT2D eigenvalue weighted by molar-refractivity contribution is 8.01. The summed E-state index contributed by atoms with van der Waals surface area (Å²) in [5.41, 5.74) is 0. The summed E-state index contributed by atoms with van der Waals surface area (Å²) in [6.45, 7) is 3.76. The normalized spacial score (nSPS) is 20.9. The summed E-state index contributed by atoms with van der Waals surface area (Å²) in [4.78, 5) is 17.3. The first kappa shape index (κ1) is 12.9. The number of carbonyl (C=O) groups is 1. The number of carboxylic acid groups (broad SMARTS) is 1. The molecule has 1 unspecified atom stereocenters. The molecule has 94 valence electrons. The van der Waals surface area contributed by atoms with E-state index in [4.69, 9.17) is 5.11 Å². The Kier molecular flexibility index (Phi) is 4.42. The van der Waals surface area contributed by atoms with E-state index in [2.05, 4.69) is 9.88 Å². The predicted molar refractivity (Wildman–Crippen MR) is 69.8 cm³/mol. The lowest BCUT2D eigenvalue weighted by Crippen LogP contribution is -2.37. The Hall–Kier alpha value is -0.590. The van der Waals surface area contributed by atoms with Crippen LogP contribution in [0.15, 0.2) is 10.4 Å². The monoisotopic (exact) mass is 272 g/mol. The van der Waals surface area contributed by atoms with Crippen LogP contribution in [-0.4, -0.2) is 45.8 Å². The molecule has 2 rings (SSSR count). The largest absolute Gasteiger partial charge is 0.480 e. The van der Waals surface area contributed by atoms with E-state index < -0.39 is 5.97 Å². The fourth-order valence-corrected chi connectivity index (χ4v) is 4.05. The van der Waals surface area contributed by atoms with Crippen LogP contribution < -0.4 is 0 Å².